The molecule has 0 spiro atoms. The Morgan fingerprint density at radius 3 is 3.00 bits per heavy atom. The van der Waals surface area contributed by atoms with Crippen molar-refractivity contribution in [1.82, 2.24) is 4.57 Å². The van der Waals surface area contributed by atoms with Crippen LogP contribution in [-0.4, -0.2) is 16.3 Å². The quantitative estimate of drug-likeness (QED) is 0.604. The zero-order valence-electron chi connectivity index (χ0n) is 9.86. The van der Waals surface area contributed by atoms with Gasteiger partial charge in [-0.15, -0.1) is 0 Å². The van der Waals surface area contributed by atoms with Gasteiger partial charge in [-0.2, -0.15) is 0 Å². The lowest BCUT2D eigenvalue weighted by molar-refractivity contribution is 0.281. The smallest absolute Gasteiger partial charge is 0.0431 e. The molecule has 90 valence electrons. The maximum atomic E-state index is 8.76. The summed E-state index contributed by atoms with van der Waals surface area (Å²) in [6.45, 7) is 1.29. The second-order valence-corrected chi connectivity index (χ2v) is 4.76. The molecule has 0 fully saturated rings. The maximum Gasteiger partial charge on any atom is 0.0431 e. The number of hydrogen-bond donors (Lipinski definition) is 2. The zero-order chi connectivity index (χ0) is 11.4. The molecule has 0 aliphatic heterocycles. The van der Waals surface area contributed by atoms with E-state index in [4.69, 9.17) is 10.8 Å². The van der Waals surface area contributed by atoms with Crippen molar-refractivity contribution in [2.24, 2.45) is 5.73 Å². The van der Waals surface area contributed by atoms with Gasteiger partial charge in [0.05, 0.1) is 0 Å². The van der Waals surface area contributed by atoms with Gasteiger partial charge < -0.3 is 15.4 Å². The fourth-order valence-electron chi connectivity index (χ4n) is 2.49. The van der Waals surface area contributed by atoms with Gasteiger partial charge in [0.1, 0.15) is 0 Å². The van der Waals surface area contributed by atoms with Crippen LogP contribution in [-0.2, 0) is 13.0 Å². The largest absolute Gasteiger partial charge is 0.396 e. The standard InChI is InChI=1S/C13H22N2O/c14-13-6-2-1-5-11-9-15(10-12(11)13)7-3-4-8-16/h9-10,13,16H,1-8,14H2. The van der Waals surface area contributed by atoms with Gasteiger partial charge in [0.15, 0.2) is 0 Å². The Morgan fingerprint density at radius 2 is 2.19 bits per heavy atom. The van der Waals surface area contributed by atoms with E-state index in [9.17, 15) is 0 Å². The van der Waals surface area contributed by atoms with Crippen molar-refractivity contribution in [3.8, 4) is 0 Å². The summed E-state index contributed by atoms with van der Waals surface area (Å²) in [4.78, 5) is 0. The predicted octanol–water partition coefficient (Wildman–Crippen LogP) is 1.99. The van der Waals surface area contributed by atoms with Gasteiger partial charge >= 0.3 is 0 Å². The highest BCUT2D eigenvalue weighted by atomic mass is 16.2. The van der Waals surface area contributed by atoms with E-state index in [1.165, 1.54) is 30.4 Å². The minimum absolute atomic E-state index is 0.233. The molecule has 1 unspecified atom stereocenters. The number of nitrogens with two attached hydrogens (primary N) is 1. The number of nitrogens with zero attached hydrogens (tertiary/aromatic N) is 1. The lowest BCUT2D eigenvalue weighted by Crippen LogP contribution is -2.09. The summed E-state index contributed by atoms with van der Waals surface area (Å²) in [6, 6.07) is 0.233. The highest BCUT2D eigenvalue weighted by Crippen LogP contribution is 2.27. The molecule has 0 saturated carbocycles. The van der Waals surface area contributed by atoms with Gasteiger partial charge in [-0.05, 0) is 43.2 Å². The molecule has 3 nitrogen and oxygen atoms in total. The molecule has 2 rings (SSSR count). The van der Waals surface area contributed by atoms with Crippen LogP contribution in [0.5, 0.6) is 0 Å². The molecule has 1 atom stereocenters. The molecule has 16 heavy (non-hydrogen) atoms. The number of hydrogen-bond acceptors (Lipinski definition) is 2. The van der Waals surface area contributed by atoms with Gasteiger partial charge in [-0.1, -0.05) is 6.42 Å². The lowest BCUT2D eigenvalue weighted by Gasteiger charge is -2.07. The minimum atomic E-state index is 0.233. The van der Waals surface area contributed by atoms with Crippen molar-refractivity contribution in [3.05, 3.63) is 23.5 Å². The van der Waals surface area contributed by atoms with Gasteiger partial charge in [-0.25, -0.2) is 0 Å². The topological polar surface area (TPSA) is 51.2 Å². The van der Waals surface area contributed by atoms with Crippen LogP contribution in [0, 0.1) is 0 Å². The lowest BCUT2D eigenvalue weighted by atomic mass is 10.1. The number of aromatic nitrogens is 1. The number of aliphatic hydroxyl groups is 1. The molecule has 3 heteroatoms. The monoisotopic (exact) mass is 222 g/mol. The molecular formula is C13H22N2O. The molecule has 0 aromatic carbocycles. The average Bonchev–Trinajstić information content (AvgIpc) is 2.61. The molecule has 0 saturated heterocycles. The first-order valence-electron chi connectivity index (χ1n) is 6.36. The summed E-state index contributed by atoms with van der Waals surface area (Å²) in [6.07, 6.45) is 11.2. The van der Waals surface area contributed by atoms with Crippen LogP contribution in [0.2, 0.25) is 0 Å². The van der Waals surface area contributed by atoms with E-state index in [0.29, 0.717) is 6.61 Å². The fourth-order valence-corrected chi connectivity index (χ4v) is 2.49. The van der Waals surface area contributed by atoms with Crippen molar-refractivity contribution >= 4 is 0 Å². The molecule has 1 aliphatic carbocycles. The van der Waals surface area contributed by atoms with Crippen LogP contribution >= 0.6 is 0 Å². The first kappa shape index (κ1) is 11.7. The summed E-state index contributed by atoms with van der Waals surface area (Å²) in [5.41, 5.74) is 8.95. The predicted molar refractivity (Wildman–Crippen MR) is 65.2 cm³/mol. The molecular weight excluding hydrogens is 200 g/mol. The van der Waals surface area contributed by atoms with E-state index < -0.39 is 0 Å². The van der Waals surface area contributed by atoms with E-state index in [2.05, 4.69) is 17.0 Å². The third kappa shape index (κ3) is 2.66. The van der Waals surface area contributed by atoms with Gasteiger partial charge in [-0.3, -0.25) is 0 Å². The molecule has 1 aromatic heterocycles. The molecule has 3 N–H and O–H groups in total. The van der Waals surface area contributed by atoms with Gasteiger partial charge in [0, 0.05) is 31.6 Å². The van der Waals surface area contributed by atoms with Crippen LogP contribution in [0.1, 0.15) is 49.3 Å². The second kappa shape index (κ2) is 5.51. The van der Waals surface area contributed by atoms with E-state index in [1.54, 1.807) is 0 Å². The fraction of sp³-hybridized carbons (Fsp3) is 0.692. The number of rotatable bonds is 4. The summed E-state index contributed by atoms with van der Waals surface area (Å²) < 4.78 is 2.24. The highest BCUT2D eigenvalue weighted by molar-refractivity contribution is 5.28. The summed E-state index contributed by atoms with van der Waals surface area (Å²) >= 11 is 0. The maximum absolute atomic E-state index is 8.76. The third-order valence-corrected chi connectivity index (χ3v) is 3.43. The first-order chi connectivity index (χ1) is 7.81. The Labute approximate surface area is 97.3 Å². The Morgan fingerprint density at radius 1 is 1.31 bits per heavy atom. The second-order valence-electron chi connectivity index (χ2n) is 4.76. The summed E-state index contributed by atoms with van der Waals surface area (Å²) in [5, 5.41) is 8.76. The van der Waals surface area contributed by atoms with E-state index in [-0.39, 0.29) is 6.04 Å². The van der Waals surface area contributed by atoms with Crippen LogP contribution in [0.15, 0.2) is 12.4 Å². The van der Waals surface area contributed by atoms with E-state index in [0.717, 1.165) is 25.8 Å². The number of aliphatic hydroxyl groups excluding tert-OH is 1. The Hall–Kier alpha value is -0.800. The summed E-state index contributed by atoms with van der Waals surface area (Å²) in [5.74, 6) is 0. The van der Waals surface area contributed by atoms with Crippen molar-refractivity contribution < 1.29 is 5.11 Å². The van der Waals surface area contributed by atoms with Gasteiger partial charge in [0.25, 0.3) is 0 Å². The van der Waals surface area contributed by atoms with Crippen molar-refractivity contribution in [2.75, 3.05) is 6.61 Å². The number of aryl methyl sites for hydroxylation is 2. The molecule has 0 amide bonds. The zero-order valence-corrected chi connectivity index (χ0v) is 9.86. The van der Waals surface area contributed by atoms with Crippen LogP contribution in [0.3, 0.4) is 0 Å². The normalized spacial score (nSPS) is 20.5. The van der Waals surface area contributed by atoms with Crippen molar-refractivity contribution in [1.29, 1.82) is 0 Å². The minimum Gasteiger partial charge on any atom is -0.396 e. The first-order valence-corrected chi connectivity index (χ1v) is 6.36. The number of unbranched alkanes of at least 4 members (excludes halogenated alkanes) is 1. The summed E-state index contributed by atoms with van der Waals surface area (Å²) in [7, 11) is 0. The molecule has 0 bridgehead atoms. The van der Waals surface area contributed by atoms with E-state index >= 15 is 0 Å². The van der Waals surface area contributed by atoms with Gasteiger partial charge in [0.2, 0.25) is 0 Å². The average molecular weight is 222 g/mol. The molecule has 1 heterocycles. The SMILES string of the molecule is NC1CCCCc2cn(CCCCO)cc21. The van der Waals surface area contributed by atoms with Crippen LogP contribution in [0.4, 0.5) is 0 Å². The highest BCUT2D eigenvalue weighted by Gasteiger charge is 2.16. The molecule has 1 aliphatic rings. The third-order valence-electron chi connectivity index (χ3n) is 3.43. The number of fused-ring (bicyclic) bond motifs is 1. The van der Waals surface area contributed by atoms with Crippen molar-refractivity contribution in [2.45, 2.75) is 51.1 Å². The van der Waals surface area contributed by atoms with Crippen LogP contribution < -0.4 is 5.73 Å². The van der Waals surface area contributed by atoms with Crippen molar-refractivity contribution in [3.63, 3.8) is 0 Å². The molecule has 1 aromatic rings. The van der Waals surface area contributed by atoms with Crippen LogP contribution in [0.25, 0.3) is 0 Å². The Balaban J connectivity index is 2.04. The molecule has 0 radical (unpaired) electrons. The Kier molecular flexibility index (Phi) is 4.02. The Bertz CT molecular complexity index is 333. The van der Waals surface area contributed by atoms with E-state index in [1.807, 2.05) is 0 Å².